The van der Waals surface area contributed by atoms with Crippen LogP contribution in [-0.4, -0.2) is 37.8 Å². The molecule has 1 saturated heterocycles. The monoisotopic (exact) mass is 271 g/mol. The molecule has 3 unspecified atom stereocenters. The second-order valence-corrected chi connectivity index (χ2v) is 7.41. The Kier molecular flexibility index (Phi) is 4.82. The number of rotatable bonds is 4. The smallest absolute Gasteiger partial charge is 0.0521 e. The van der Waals surface area contributed by atoms with E-state index < -0.39 is 0 Å². The molecular weight excluding hydrogens is 250 g/mol. The average molecular weight is 271 g/mol. The van der Waals surface area contributed by atoms with Gasteiger partial charge in [0.05, 0.1) is 6.20 Å². The van der Waals surface area contributed by atoms with E-state index in [1.54, 1.807) is 0 Å². The van der Waals surface area contributed by atoms with E-state index in [0.29, 0.717) is 16.5 Å². The summed E-state index contributed by atoms with van der Waals surface area (Å²) in [6.45, 7) is 2.31. The predicted molar refractivity (Wildman–Crippen MR) is 77.7 cm³/mol. The molecule has 0 bridgehead atoms. The number of nitrogens with zero attached hydrogens (tertiary/aromatic N) is 2. The molecule has 0 radical (unpaired) electrons. The summed E-state index contributed by atoms with van der Waals surface area (Å²) in [6.07, 6.45) is 6.13. The SMILES string of the molecule is CC1SCCSC1C(N)CCc1cnn(C)c1. The second-order valence-electron chi connectivity index (χ2n) is 4.64. The first-order chi connectivity index (χ1) is 8.16. The van der Waals surface area contributed by atoms with Crippen molar-refractivity contribution in [2.24, 2.45) is 12.8 Å². The van der Waals surface area contributed by atoms with Gasteiger partial charge in [0, 0.05) is 41.3 Å². The van der Waals surface area contributed by atoms with E-state index >= 15 is 0 Å². The summed E-state index contributed by atoms with van der Waals surface area (Å²) in [7, 11) is 1.96. The molecule has 3 atom stereocenters. The van der Waals surface area contributed by atoms with Crippen LogP contribution in [0.15, 0.2) is 12.4 Å². The van der Waals surface area contributed by atoms with Gasteiger partial charge in [0.15, 0.2) is 0 Å². The van der Waals surface area contributed by atoms with Gasteiger partial charge >= 0.3 is 0 Å². The van der Waals surface area contributed by atoms with Gasteiger partial charge in [-0.15, -0.1) is 0 Å². The normalized spacial score (nSPS) is 27.0. The number of aryl methyl sites for hydroxylation is 2. The number of hydrogen-bond donors (Lipinski definition) is 1. The summed E-state index contributed by atoms with van der Waals surface area (Å²) in [4.78, 5) is 0. The van der Waals surface area contributed by atoms with Crippen LogP contribution in [0.4, 0.5) is 0 Å². The first kappa shape index (κ1) is 13.3. The van der Waals surface area contributed by atoms with Crippen molar-refractivity contribution in [3.63, 3.8) is 0 Å². The molecule has 2 N–H and O–H groups in total. The van der Waals surface area contributed by atoms with Crippen molar-refractivity contribution < 1.29 is 0 Å². The molecule has 2 rings (SSSR count). The van der Waals surface area contributed by atoms with E-state index in [2.05, 4.69) is 41.7 Å². The van der Waals surface area contributed by atoms with Crippen LogP contribution in [0, 0.1) is 0 Å². The average Bonchev–Trinajstić information content (AvgIpc) is 2.73. The molecule has 0 aromatic carbocycles. The van der Waals surface area contributed by atoms with Crippen molar-refractivity contribution >= 4 is 23.5 Å². The Bertz CT molecular complexity index is 353. The second kappa shape index (κ2) is 6.16. The van der Waals surface area contributed by atoms with Gasteiger partial charge in [-0.25, -0.2) is 0 Å². The van der Waals surface area contributed by atoms with Crippen molar-refractivity contribution in [1.82, 2.24) is 9.78 Å². The third-order valence-electron chi connectivity index (χ3n) is 3.18. The van der Waals surface area contributed by atoms with Crippen LogP contribution >= 0.6 is 23.5 Å². The molecule has 0 spiro atoms. The molecule has 1 aliphatic heterocycles. The molecule has 0 aliphatic carbocycles. The molecule has 1 aromatic rings. The highest BCUT2D eigenvalue weighted by Crippen LogP contribution is 2.33. The lowest BCUT2D eigenvalue weighted by molar-refractivity contribution is 0.579. The Morgan fingerprint density at radius 1 is 1.53 bits per heavy atom. The molecule has 1 aliphatic rings. The van der Waals surface area contributed by atoms with E-state index in [9.17, 15) is 0 Å². The van der Waals surface area contributed by atoms with E-state index in [1.807, 2.05) is 17.9 Å². The van der Waals surface area contributed by atoms with Gasteiger partial charge in [-0.2, -0.15) is 28.6 Å². The highest BCUT2D eigenvalue weighted by molar-refractivity contribution is 8.07. The minimum atomic E-state index is 0.308. The maximum absolute atomic E-state index is 6.33. The summed E-state index contributed by atoms with van der Waals surface area (Å²) in [6, 6.07) is 0.308. The number of aromatic nitrogens is 2. The van der Waals surface area contributed by atoms with Crippen LogP contribution in [0.2, 0.25) is 0 Å². The molecule has 1 aromatic heterocycles. The minimum absolute atomic E-state index is 0.308. The van der Waals surface area contributed by atoms with E-state index in [0.717, 1.165) is 12.8 Å². The predicted octanol–water partition coefficient (Wildman–Crippen LogP) is 1.92. The van der Waals surface area contributed by atoms with Crippen molar-refractivity contribution in [2.75, 3.05) is 11.5 Å². The zero-order valence-electron chi connectivity index (χ0n) is 10.5. The van der Waals surface area contributed by atoms with E-state index in [1.165, 1.54) is 17.1 Å². The van der Waals surface area contributed by atoms with E-state index in [-0.39, 0.29) is 0 Å². The highest BCUT2D eigenvalue weighted by atomic mass is 32.2. The van der Waals surface area contributed by atoms with Crippen LogP contribution in [0.1, 0.15) is 18.9 Å². The lowest BCUT2D eigenvalue weighted by atomic mass is 10.0. The Labute approximate surface area is 112 Å². The molecule has 0 saturated carbocycles. The summed E-state index contributed by atoms with van der Waals surface area (Å²) in [5.41, 5.74) is 7.63. The van der Waals surface area contributed by atoms with Gasteiger partial charge in [-0.1, -0.05) is 6.92 Å². The van der Waals surface area contributed by atoms with Gasteiger partial charge in [0.2, 0.25) is 0 Å². The van der Waals surface area contributed by atoms with Crippen LogP contribution in [0.3, 0.4) is 0 Å². The maximum atomic E-state index is 6.33. The first-order valence-electron chi connectivity index (χ1n) is 6.13. The lowest BCUT2D eigenvalue weighted by Crippen LogP contribution is -2.40. The quantitative estimate of drug-likeness (QED) is 0.908. The molecule has 3 nitrogen and oxygen atoms in total. The largest absolute Gasteiger partial charge is 0.327 e. The molecule has 5 heteroatoms. The molecular formula is C12H21N3S2. The third-order valence-corrected chi connectivity index (χ3v) is 6.46. The Hall–Kier alpha value is -0.130. The van der Waals surface area contributed by atoms with Crippen molar-refractivity contribution in [1.29, 1.82) is 0 Å². The van der Waals surface area contributed by atoms with Gasteiger partial charge in [-0.3, -0.25) is 4.68 Å². The number of nitrogens with two attached hydrogens (primary N) is 1. The van der Waals surface area contributed by atoms with Gasteiger partial charge in [0.1, 0.15) is 0 Å². The van der Waals surface area contributed by atoms with Gasteiger partial charge in [-0.05, 0) is 18.4 Å². The first-order valence-corrected chi connectivity index (χ1v) is 8.23. The maximum Gasteiger partial charge on any atom is 0.0521 e. The van der Waals surface area contributed by atoms with Crippen LogP contribution in [0.25, 0.3) is 0 Å². The number of hydrogen-bond acceptors (Lipinski definition) is 4. The zero-order chi connectivity index (χ0) is 12.3. The third kappa shape index (κ3) is 3.66. The standard InChI is InChI=1S/C12H21N3S2/c1-9-12(17-6-5-16-9)11(13)4-3-10-7-14-15(2)8-10/h7-9,11-12H,3-6,13H2,1-2H3. The fourth-order valence-corrected chi connectivity index (χ4v) is 5.15. The molecule has 2 heterocycles. The van der Waals surface area contributed by atoms with Crippen molar-refractivity contribution in [3.05, 3.63) is 18.0 Å². The fraction of sp³-hybridized carbons (Fsp3) is 0.750. The van der Waals surface area contributed by atoms with Crippen molar-refractivity contribution in [3.8, 4) is 0 Å². The van der Waals surface area contributed by atoms with Crippen LogP contribution in [-0.2, 0) is 13.5 Å². The van der Waals surface area contributed by atoms with E-state index in [4.69, 9.17) is 5.73 Å². The minimum Gasteiger partial charge on any atom is -0.327 e. The molecule has 0 amide bonds. The Morgan fingerprint density at radius 3 is 2.94 bits per heavy atom. The molecule has 1 fully saturated rings. The van der Waals surface area contributed by atoms with Gasteiger partial charge in [0.25, 0.3) is 0 Å². The van der Waals surface area contributed by atoms with Crippen molar-refractivity contribution in [2.45, 2.75) is 36.3 Å². The Morgan fingerprint density at radius 2 is 2.29 bits per heavy atom. The lowest BCUT2D eigenvalue weighted by Gasteiger charge is -2.32. The fourth-order valence-electron chi connectivity index (χ4n) is 2.22. The van der Waals surface area contributed by atoms with Gasteiger partial charge < -0.3 is 5.73 Å². The molecule has 17 heavy (non-hydrogen) atoms. The highest BCUT2D eigenvalue weighted by Gasteiger charge is 2.27. The zero-order valence-corrected chi connectivity index (χ0v) is 12.1. The summed E-state index contributed by atoms with van der Waals surface area (Å²) >= 11 is 4.12. The number of thioether (sulfide) groups is 2. The molecule has 96 valence electrons. The Balaban J connectivity index is 1.82. The summed E-state index contributed by atoms with van der Waals surface area (Å²) < 4.78 is 1.86. The summed E-state index contributed by atoms with van der Waals surface area (Å²) in [5, 5.41) is 5.50. The summed E-state index contributed by atoms with van der Waals surface area (Å²) in [5.74, 6) is 2.53. The van der Waals surface area contributed by atoms with Crippen LogP contribution < -0.4 is 5.73 Å². The topological polar surface area (TPSA) is 43.8 Å². The van der Waals surface area contributed by atoms with Crippen LogP contribution in [0.5, 0.6) is 0 Å².